The van der Waals surface area contributed by atoms with Crippen molar-refractivity contribution in [2.45, 2.75) is 58.0 Å². The van der Waals surface area contributed by atoms with Gasteiger partial charge in [-0.3, -0.25) is 24.0 Å². The van der Waals surface area contributed by atoms with Gasteiger partial charge in [-0.1, -0.05) is 60.8 Å². The Bertz CT molecular complexity index is 1630. The molecule has 236 valence electrons. The Labute approximate surface area is 263 Å². The lowest BCUT2D eigenvalue weighted by molar-refractivity contribution is -0.385. The highest BCUT2D eigenvalue weighted by Gasteiger charge is 2.35. The fourth-order valence-corrected chi connectivity index (χ4v) is 6.17. The second-order valence-corrected chi connectivity index (χ2v) is 12.7. The van der Waals surface area contributed by atoms with Crippen molar-refractivity contribution in [3.63, 3.8) is 0 Å². The van der Waals surface area contributed by atoms with Gasteiger partial charge in [-0.15, -0.1) is 0 Å². The molecule has 0 aromatic heterocycles. The number of aryl methyl sites for hydroxylation is 2. The lowest BCUT2D eigenvalue weighted by Crippen LogP contribution is -2.51. The molecule has 3 rings (SSSR count). The number of ether oxygens (including phenoxy) is 1. The molecule has 0 bridgehead atoms. The number of rotatable bonds is 14. The summed E-state index contributed by atoms with van der Waals surface area (Å²) < 4.78 is 34.6. The highest BCUT2D eigenvalue weighted by atomic mass is 35.5. The zero-order chi connectivity index (χ0) is 32.6. The molecule has 0 radical (unpaired) electrons. The molecule has 0 aliphatic heterocycles. The largest absolute Gasteiger partial charge is 0.495 e. The Morgan fingerprint density at radius 3 is 2.45 bits per heavy atom. The SMILES string of the molecule is CCCCNC(=O)[C@H](C)N(Cc1cccc(C)c1)C(=O)CN(c1cc(Cl)ccc1OC)S(=O)(=O)c1ccc(C)c([N+](=O)[O-])c1. The second-order valence-electron chi connectivity index (χ2n) is 10.4. The van der Waals surface area contributed by atoms with E-state index in [4.69, 9.17) is 16.3 Å². The van der Waals surface area contributed by atoms with E-state index in [2.05, 4.69) is 5.32 Å². The maximum atomic E-state index is 14.2. The van der Waals surface area contributed by atoms with Crippen LogP contribution in [0.5, 0.6) is 5.75 Å². The third-order valence-corrected chi connectivity index (χ3v) is 9.08. The molecule has 1 atom stereocenters. The van der Waals surface area contributed by atoms with Gasteiger partial charge in [0, 0.05) is 29.7 Å². The number of nitro groups is 1. The van der Waals surface area contributed by atoms with Crippen LogP contribution in [0.1, 0.15) is 43.4 Å². The molecule has 44 heavy (non-hydrogen) atoms. The van der Waals surface area contributed by atoms with Crippen molar-refractivity contribution in [2.75, 3.05) is 24.5 Å². The number of anilines is 1. The van der Waals surface area contributed by atoms with Crippen LogP contribution in [-0.4, -0.2) is 56.3 Å². The van der Waals surface area contributed by atoms with Crippen LogP contribution in [0, 0.1) is 24.0 Å². The summed E-state index contributed by atoms with van der Waals surface area (Å²) in [4.78, 5) is 39.2. The average molecular weight is 645 g/mol. The molecule has 0 aliphatic rings. The van der Waals surface area contributed by atoms with Gasteiger partial charge in [-0.2, -0.15) is 0 Å². The first-order valence-electron chi connectivity index (χ1n) is 14.0. The van der Waals surface area contributed by atoms with Gasteiger partial charge in [0.2, 0.25) is 11.8 Å². The summed E-state index contributed by atoms with van der Waals surface area (Å²) in [7, 11) is -3.27. The minimum Gasteiger partial charge on any atom is -0.495 e. The van der Waals surface area contributed by atoms with Gasteiger partial charge in [0.25, 0.3) is 15.7 Å². The predicted octanol–water partition coefficient (Wildman–Crippen LogP) is 5.40. The number of carbonyl (C=O) groups is 2. The van der Waals surface area contributed by atoms with Crippen molar-refractivity contribution in [2.24, 2.45) is 0 Å². The predicted molar refractivity (Wildman–Crippen MR) is 169 cm³/mol. The number of nitro benzene ring substituents is 1. The Kier molecular flexibility index (Phi) is 11.7. The fraction of sp³-hybridized carbons (Fsp3) is 0.355. The number of unbranched alkanes of at least 4 members (excludes halogenated alkanes) is 1. The monoisotopic (exact) mass is 644 g/mol. The summed E-state index contributed by atoms with van der Waals surface area (Å²) >= 11 is 6.26. The second kappa shape index (κ2) is 15.0. The lowest BCUT2D eigenvalue weighted by atomic mass is 10.1. The summed E-state index contributed by atoms with van der Waals surface area (Å²) in [6.07, 6.45) is 1.62. The maximum absolute atomic E-state index is 14.2. The smallest absolute Gasteiger partial charge is 0.273 e. The summed E-state index contributed by atoms with van der Waals surface area (Å²) in [5.41, 5.74) is 1.52. The Hall–Kier alpha value is -4.16. The van der Waals surface area contributed by atoms with Gasteiger partial charge in [0.1, 0.15) is 18.3 Å². The third kappa shape index (κ3) is 8.26. The molecule has 0 fully saturated rings. The number of amides is 2. The Morgan fingerprint density at radius 1 is 1.09 bits per heavy atom. The summed E-state index contributed by atoms with van der Waals surface area (Å²) in [5, 5.41) is 14.7. The van der Waals surface area contributed by atoms with E-state index in [9.17, 15) is 28.1 Å². The fourth-order valence-electron chi connectivity index (χ4n) is 4.57. The van der Waals surface area contributed by atoms with Crippen molar-refractivity contribution in [1.82, 2.24) is 10.2 Å². The number of nitrogens with zero attached hydrogens (tertiary/aromatic N) is 3. The van der Waals surface area contributed by atoms with E-state index in [0.29, 0.717) is 6.54 Å². The number of carbonyl (C=O) groups excluding carboxylic acids is 2. The van der Waals surface area contributed by atoms with Crippen LogP contribution >= 0.6 is 11.6 Å². The van der Waals surface area contributed by atoms with Gasteiger partial charge in [0.15, 0.2) is 0 Å². The first kappa shape index (κ1) is 34.3. The highest BCUT2D eigenvalue weighted by molar-refractivity contribution is 7.92. The van der Waals surface area contributed by atoms with Crippen LogP contribution in [0.25, 0.3) is 0 Å². The van der Waals surface area contributed by atoms with Crippen LogP contribution in [0.3, 0.4) is 0 Å². The van der Waals surface area contributed by atoms with Crippen LogP contribution in [0.4, 0.5) is 11.4 Å². The van der Waals surface area contributed by atoms with E-state index < -0.39 is 44.0 Å². The molecule has 3 aromatic carbocycles. The first-order chi connectivity index (χ1) is 20.8. The molecule has 0 heterocycles. The molecule has 0 spiro atoms. The van der Waals surface area contributed by atoms with Gasteiger partial charge in [0.05, 0.1) is 22.6 Å². The summed E-state index contributed by atoms with van der Waals surface area (Å²) in [6, 6.07) is 14.3. The molecule has 2 amide bonds. The third-order valence-electron chi connectivity index (χ3n) is 7.09. The highest BCUT2D eigenvalue weighted by Crippen LogP contribution is 2.36. The van der Waals surface area contributed by atoms with Gasteiger partial charge in [-0.25, -0.2) is 8.42 Å². The molecule has 3 aromatic rings. The van der Waals surface area contributed by atoms with Crippen molar-refractivity contribution in [1.29, 1.82) is 0 Å². The molecule has 0 unspecified atom stereocenters. The zero-order valence-electron chi connectivity index (χ0n) is 25.4. The molecule has 1 N–H and O–H groups in total. The van der Waals surface area contributed by atoms with Crippen LogP contribution in [0.2, 0.25) is 5.02 Å². The first-order valence-corrected chi connectivity index (χ1v) is 15.9. The van der Waals surface area contributed by atoms with E-state index in [1.165, 1.54) is 49.3 Å². The van der Waals surface area contributed by atoms with Gasteiger partial charge < -0.3 is 15.0 Å². The van der Waals surface area contributed by atoms with E-state index in [0.717, 1.165) is 34.3 Å². The molecular formula is C31H37ClN4O7S. The van der Waals surface area contributed by atoms with E-state index in [-0.39, 0.29) is 34.5 Å². The van der Waals surface area contributed by atoms with Crippen LogP contribution < -0.4 is 14.4 Å². The molecule has 11 nitrogen and oxygen atoms in total. The number of halogens is 1. The molecule has 0 aliphatic carbocycles. The summed E-state index contributed by atoms with van der Waals surface area (Å²) in [6.45, 7) is 6.67. The minimum atomic E-state index is -4.61. The Morgan fingerprint density at radius 2 is 1.82 bits per heavy atom. The average Bonchev–Trinajstić information content (AvgIpc) is 2.98. The lowest BCUT2D eigenvalue weighted by Gasteiger charge is -2.32. The van der Waals surface area contributed by atoms with Crippen molar-refractivity contribution < 1.29 is 27.7 Å². The molecule has 13 heteroatoms. The van der Waals surface area contributed by atoms with E-state index in [1.807, 2.05) is 38.1 Å². The number of benzene rings is 3. The van der Waals surface area contributed by atoms with Crippen molar-refractivity contribution >= 4 is 44.8 Å². The van der Waals surface area contributed by atoms with Crippen molar-refractivity contribution in [3.8, 4) is 5.75 Å². The Balaban J connectivity index is 2.14. The molecule has 0 saturated carbocycles. The number of hydrogen-bond donors (Lipinski definition) is 1. The van der Waals surface area contributed by atoms with Crippen LogP contribution in [0.15, 0.2) is 65.6 Å². The molecule has 0 saturated heterocycles. The quantitative estimate of drug-likeness (QED) is 0.141. The van der Waals surface area contributed by atoms with Crippen LogP contribution in [-0.2, 0) is 26.2 Å². The number of methoxy groups -OCH3 is 1. The number of hydrogen-bond acceptors (Lipinski definition) is 7. The van der Waals surface area contributed by atoms with Gasteiger partial charge in [-0.05, 0) is 57.0 Å². The molecular weight excluding hydrogens is 608 g/mol. The normalized spacial score (nSPS) is 11.9. The summed E-state index contributed by atoms with van der Waals surface area (Å²) in [5.74, 6) is -0.969. The topological polar surface area (TPSA) is 139 Å². The van der Waals surface area contributed by atoms with Gasteiger partial charge >= 0.3 is 0 Å². The standard InChI is InChI=1S/C31H37ClN4O7S/c1-6-7-15-33-31(38)23(4)34(19-24-10-8-9-21(2)16-24)30(37)20-35(28-17-25(32)12-14-29(28)43-5)44(41,42)26-13-11-22(3)27(18-26)36(39)40/h8-14,16-18,23H,6-7,15,19-20H2,1-5H3,(H,33,38)/t23-/m0/s1. The van der Waals surface area contributed by atoms with E-state index >= 15 is 0 Å². The number of nitrogens with one attached hydrogen (secondary N) is 1. The minimum absolute atomic E-state index is 0.0272. The van der Waals surface area contributed by atoms with Crippen molar-refractivity contribution in [3.05, 3.63) is 92.5 Å². The van der Waals surface area contributed by atoms with E-state index in [1.54, 1.807) is 6.92 Å². The number of sulfonamides is 1. The maximum Gasteiger partial charge on any atom is 0.273 e. The zero-order valence-corrected chi connectivity index (χ0v) is 26.9.